The van der Waals surface area contributed by atoms with E-state index in [2.05, 4.69) is 10.3 Å². The molecule has 5 N–H and O–H groups in total. The predicted octanol–water partition coefficient (Wildman–Crippen LogP) is 0.960. The molecule has 0 bridgehead atoms. The Labute approximate surface area is 111 Å². The molecule has 0 aliphatic rings. The Kier molecular flexibility index (Phi) is 4.94. The van der Waals surface area contributed by atoms with Gasteiger partial charge in [0.05, 0.1) is 12.5 Å². The monoisotopic (exact) mass is 268 g/mol. The quantitative estimate of drug-likeness (QED) is 0.370. The number of alkyl carbamates (subject to hydrolysis) is 1. The second-order valence-electron chi connectivity index (χ2n) is 5.10. The number of carbonyl (C=O) groups excluding carboxylic acids is 2. The number of rotatable bonds is 4. The van der Waals surface area contributed by atoms with Gasteiger partial charge < -0.3 is 15.0 Å². The van der Waals surface area contributed by atoms with E-state index >= 15 is 0 Å². The molecule has 0 fully saturated rings. The number of ether oxygens (including phenoxy) is 1. The van der Waals surface area contributed by atoms with Crippen molar-refractivity contribution < 1.29 is 14.3 Å². The van der Waals surface area contributed by atoms with Gasteiger partial charge in [0.1, 0.15) is 5.60 Å². The van der Waals surface area contributed by atoms with Crippen LogP contribution in [0.25, 0.3) is 0 Å². The van der Waals surface area contributed by atoms with Crippen LogP contribution < -0.4 is 16.6 Å². The van der Waals surface area contributed by atoms with E-state index in [-0.39, 0.29) is 12.3 Å². The van der Waals surface area contributed by atoms with Gasteiger partial charge in [0, 0.05) is 11.9 Å². The summed E-state index contributed by atoms with van der Waals surface area (Å²) < 4.78 is 5.15. The van der Waals surface area contributed by atoms with E-state index < -0.39 is 17.7 Å². The SMILES string of the molecule is CC(C)(C)OC(=O)NC(CC(=O)NN)c1ccc[nH]1. The minimum atomic E-state index is -0.597. The van der Waals surface area contributed by atoms with Gasteiger partial charge in [-0.15, -0.1) is 0 Å². The van der Waals surface area contributed by atoms with Crippen LogP contribution in [-0.2, 0) is 9.53 Å². The number of hydrogen-bond acceptors (Lipinski definition) is 4. The van der Waals surface area contributed by atoms with Crippen LogP contribution in [0.3, 0.4) is 0 Å². The number of nitrogens with two attached hydrogens (primary N) is 1. The van der Waals surface area contributed by atoms with E-state index in [0.29, 0.717) is 5.69 Å². The Morgan fingerprint density at radius 2 is 2.16 bits per heavy atom. The first-order valence-corrected chi connectivity index (χ1v) is 5.94. The molecule has 7 nitrogen and oxygen atoms in total. The molecule has 1 atom stereocenters. The second kappa shape index (κ2) is 6.24. The Hall–Kier alpha value is -2.02. The molecule has 19 heavy (non-hydrogen) atoms. The van der Waals surface area contributed by atoms with Crippen molar-refractivity contribution in [3.8, 4) is 0 Å². The average molecular weight is 268 g/mol. The highest BCUT2D eigenvalue weighted by Gasteiger charge is 2.22. The lowest BCUT2D eigenvalue weighted by Gasteiger charge is -2.23. The lowest BCUT2D eigenvalue weighted by molar-refractivity contribution is -0.121. The number of carbonyl (C=O) groups is 2. The molecular formula is C12H20N4O3. The van der Waals surface area contributed by atoms with Crippen LogP contribution in [0.4, 0.5) is 4.79 Å². The zero-order valence-corrected chi connectivity index (χ0v) is 11.3. The first-order chi connectivity index (χ1) is 8.81. The van der Waals surface area contributed by atoms with Gasteiger partial charge >= 0.3 is 6.09 Å². The predicted molar refractivity (Wildman–Crippen MR) is 69.9 cm³/mol. The van der Waals surface area contributed by atoms with E-state index in [0.717, 1.165) is 0 Å². The van der Waals surface area contributed by atoms with E-state index in [9.17, 15) is 9.59 Å². The van der Waals surface area contributed by atoms with Crippen LogP contribution in [-0.4, -0.2) is 22.6 Å². The van der Waals surface area contributed by atoms with E-state index in [1.165, 1.54) is 0 Å². The molecule has 1 rings (SSSR count). The van der Waals surface area contributed by atoms with Crippen LogP contribution in [0.5, 0.6) is 0 Å². The number of hydrogen-bond donors (Lipinski definition) is 4. The fraction of sp³-hybridized carbons (Fsp3) is 0.500. The van der Waals surface area contributed by atoms with Gasteiger partial charge in [0.25, 0.3) is 0 Å². The van der Waals surface area contributed by atoms with Crippen LogP contribution in [0, 0.1) is 0 Å². The van der Waals surface area contributed by atoms with Crippen LogP contribution in [0.15, 0.2) is 18.3 Å². The van der Waals surface area contributed by atoms with Crippen molar-refractivity contribution in [3.63, 3.8) is 0 Å². The number of aromatic amines is 1. The van der Waals surface area contributed by atoms with Gasteiger partial charge in [0.15, 0.2) is 0 Å². The molecule has 0 saturated heterocycles. The first-order valence-electron chi connectivity index (χ1n) is 5.94. The number of hydrazine groups is 1. The fourth-order valence-corrected chi connectivity index (χ4v) is 1.49. The highest BCUT2D eigenvalue weighted by molar-refractivity contribution is 5.77. The maximum absolute atomic E-state index is 11.7. The maximum Gasteiger partial charge on any atom is 0.408 e. The fourth-order valence-electron chi connectivity index (χ4n) is 1.49. The molecule has 1 heterocycles. The summed E-state index contributed by atoms with van der Waals surface area (Å²) in [5, 5.41) is 2.63. The molecule has 2 amide bonds. The highest BCUT2D eigenvalue weighted by atomic mass is 16.6. The van der Waals surface area contributed by atoms with Gasteiger partial charge in [-0.25, -0.2) is 10.6 Å². The summed E-state index contributed by atoms with van der Waals surface area (Å²) in [4.78, 5) is 26.0. The third kappa shape index (κ3) is 5.43. The lowest BCUT2D eigenvalue weighted by atomic mass is 10.1. The third-order valence-corrected chi connectivity index (χ3v) is 2.24. The zero-order valence-electron chi connectivity index (χ0n) is 11.3. The van der Waals surface area contributed by atoms with Crippen molar-refractivity contribution in [2.75, 3.05) is 0 Å². The summed E-state index contributed by atoms with van der Waals surface area (Å²) >= 11 is 0. The molecule has 0 aliphatic carbocycles. The van der Waals surface area contributed by atoms with Gasteiger partial charge in [-0.2, -0.15) is 0 Å². The summed E-state index contributed by atoms with van der Waals surface area (Å²) in [6, 6.07) is 3.03. The summed E-state index contributed by atoms with van der Waals surface area (Å²) in [6.45, 7) is 5.30. The normalized spacial score (nSPS) is 12.6. The topological polar surface area (TPSA) is 109 Å². The van der Waals surface area contributed by atoms with Crippen molar-refractivity contribution >= 4 is 12.0 Å². The van der Waals surface area contributed by atoms with Crippen molar-refractivity contribution in [2.45, 2.75) is 38.8 Å². The molecule has 0 aromatic carbocycles. The zero-order chi connectivity index (χ0) is 14.5. The third-order valence-electron chi connectivity index (χ3n) is 2.24. The highest BCUT2D eigenvalue weighted by Crippen LogP contribution is 2.16. The standard InChI is InChI=1S/C12H20N4O3/c1-12(2,3)19-11(18)15-9(7-10(17)16-13)8-5-4-6-14-8/h4-6,9,14H,7,13H2,1-3H3,(H,15,18)(H,16,17). The largest absolute Gasteiger partial charge is 0.444 e. The molecule has 0 radical (unpaired) electrons. The van der Waals surface area contributed by atoms with Crippen LogP contribution in [0.2, 0.25) is 0 Å². The number of nitrogens with one attached hydrogen (secondary N) is 3. The maximum atomic E-state index is 11.7. The minimum Gasteiger partial charge on any atom is -0.444 e. The Bertz CT molecular complexity index is 423. The van der Waals surface area contributed by atoms with E-state index in [4.69, 9.17) is 10.6 Å². The van der Waals surface area contributed by atoms with E-state index in [1.807, 2.05) is 5.43 Å². The van der Waals surface area contributed by atoms with Crippen molar-refractivity contribution in [2.24, 2.45) is 5.84 Å². The summed E-state index contributed by atoms with van der Waals surface area (Å²) in [6.07, 6.45) is 1.15. The van der Waals surface area contributed by atoms with Crippen molar-refractivity contribution in [3.05, 3.63) is 24.0 Å². The Morgan fingerprint density at radius 1 is 1.47 bits per heavy atom. The van der Waals surface area contributed by atoms with Gasteiger partial charge in [0.2, 0.25) is 5.91 Å². The number of aromatic nitrogens is 1. The molecule has 7 heteroatoms. The molecule has 0 spiro atoms. The molecule has 106 valence electrons. The molecular weight excluding hydrogens is 248 g/mol. The van der Waals surface area contributed by atoms with Crippen molar-refractivity contribution in [1.82, 2.24) is 15.7 Å². The molecule has 0 aliphatic heterocycles. The molecule has 1 aromatic rings. The van der Waals surface area contributed by atoms with Crippen LogP contribution >= 0.6 is 0 Å². The Morgan fingerprint density at radius 3 is 2.63 bits per heavy atom. The summed E-state index contributed by atoms with van der Waals surface area (Å²) in [5.74, 6) is 4.67. The number of amides is 2. The lowest BCUT2D eigenvalue weighted by Crippen LogP contribution is -2.38. The molecule has 1 aromatic heterocycles. The van der Waals surface area contributed by atoms with Gasteiger partial charge in [-0.1, -0.05) is 0 Å². The van der Waals surface area contributed by atoms with E-state index in [1.54, 1.807) is 39.1 Å². The smallest absolute Gasteiger partial charge is 0.408 e. The minimum absolute atomic E-state index is 0.0241. The molecule has 0 saturated carbocycles. The Balaban J connectivity index is 2.70. The van der Waals surface area contributed by atoms with Crippen LogP contribution in [0.1, 0.15) is 38.9 Å². The first kappa shape index (κ1) is 15.0. The number of H-pyrrole nitrogens is 1. The summed E-state index contributed by atoms with van der Waals surface area (Å²) in [7, 11) is 0. The second-order valence-corrected chi connectivity index (χ2v) is 5.10. The van der Waals surface area contributed by atoms with Gasteiger partial charge in [-0.05, 0) is 32.9 Å². The average Bonchev–Trinajstić information content (AvgIpc) is 2.78. The summed E-state index contributed by atoms with van der Waals surface area (Å²) in [5.41, 5.74) is 2.14. The van der Waals surface area contributed by atoms with Crippen molar-refractivity contribution in [1.29, 1.82) is 0 Å². The molecule has 1 unspecified atom stereocenters. The van der Waals surface area contributed by atoms with Gasteiger partial charge in [-0.3, -0.25) is 10.2 Å².